The zero-order chi connectivity index (χ0) is 27.2. The molecule has 0 saturated heterocycles. The van der Waals surface area contributed by atoms with Gasteiger partial charge in [0.2, 0.25) is 5.91 Å². The fraction of sp³-hybridized carbons (Fsp3) is 0.312. The first-order valence-corrected chi connectivity index (χ1v) is 13.2. The first-order valence-electron chi connectivity index (χ1n) is 13.2. The van der Waals surface area contributed by atoms with Crippen LogP contribution in [0.5, 0.6) is 0 Å². The minimum Gasteiger partial charge on any atom is -0.378 e. The molecule has 2 amide bonds. The summed E-state index contributed by atoms with van der Waals surface area (Å²) in [4.78, 5) is 36.2. The van der Waals surface area contributed by atoms with Crippen molar-refractivity contribution in [2.75, 3.05) is 32.1 Å². The van der Waals surface area contributed by atoms with E-state index in [1.54, 1.807) is 4.90 Å². The number of amides is 2. The maximum Gasteiger partial charge on any atom is 0.254 e. The lowest BCUT2D eigenvalue weighted by atomic mass is 10.1. The van der Waals surface area contributed by atoms with E-state index in [4.69, 9.17) is 0 Å². The van der Waals surface area contributed by atoms with Crippen molar-refractivity contribution < 1.29 is 9.59 Å². The summed E-state index contributed by atoms with van der Waals surface area (Å²) in [5.74, 6) is -0.171. The van der Waals surface area contributed by atoms with E-state index in [-0.39, 0.29) is 24.4 Å². The molecule has 1 heterocycles. The molecular weight excluding hydrogens is 472 g/mol. The molecule has 0 spiro atoms. The van der Waals surface area contributed by atoms with Crippen molar-refractivity contribution in [2.45, 2.75) is 39.8 Å². The van der Waals surface area contributed by atoms with Crippen molar-refractivity contribution in [3.05, 3.63) is 101 Å². The van der Waals surface area contributed by atoms with Crippen LogP contribution in [0.4, 0.5) is 5.69 Å². The van der Waals surface area contributed by atoms with Crippen LogP contribution in [0.1, 0.15) is 40.9 Å². The summed E-state index contributed by atoms with van der Waals surface area (Å²) in [5, 5.41) is 1.17. The standard InChI is InChI=1S/C32H38N4O2/c1-23(2)36(32(38)28-11-7-6-10-24(28)3)22-31(37)35(21-25-14-16-27(17-15-25)34(4)5)19-18-26-20-33-30-13-9-8-12-29(26)30/h6-17,20,23,33H,18-19,21-22H2,1-5H3. The van der Waals surface area contributed by atoms with Crippen LogP contribution in [-0.4, -0.2) is 59.8 Å². The van der Waals surface area contributed by atoms with Crippen molar-refractivity contribution >= 4 is 28.4 Å². The lowest BCUT2D eigenvalue weighted by Gasteiger charge is -2.31. The van der Waals surface area contributed by atoms with E-state index in [1.807, 2.05) is 82.4 Å². The Hall–Kier alpha value is -4.06. The highest BCUT2D eigenvalue weighted by molar-refractivity contribution is 5.98. The Morgan fingerprint density at radius 1 is 0.895 bits per heavy atom. The van der Waals surface area contributed by atoms with E-state index in [0.29, 0.717) is 18.7 Å². The summed E-state index contributed by atoms with van der Waals surface area (Å²) in [6, 6.07) is 23.9. The SMILES string of the molecule is Cc1ccccc1C(=O)N(CC(=O)N(CCc1c[nH]c2ccccc12)Cc1ccc(N(C)C)cc1)C(C)C. The van der Waals surface area contributed by atoms with Gasteiger partial charge < -0.3 is 19.7 Å². The second-order valence-electron chi connectivity index (χ2n) is 10.3. The van der Waals surface area contributed by atoms with Gasteiger partial charge in [-0.25, -0.2) is 0 Å². The summed E-state index contributed by atoms with van der Waals surface area (Å²) >= 11 is 0. The maximum atomic E-state index is 13.8. The largest absolute Gasteiger partial charge is 0.378 e. The molecule has 198 valence electrons. The van der Waals surface area contributed by atoms with Crippen LogP contribution in [0.2, 0.25) is 0 Å². The highest BCUT2D eigenvalue weighted by atomic mass is 16.2. The van der Waals surface area contributed by atoms with Crippen LogP contribution in [0.25, 0.3) is 10.9 Å². The van der Waals surface area contributed by atoms with Crippen molar-refractivity contribution in [1.82, 2.24) is 14.8 Å². The smallest absolute Gasteiger partial charge is 0.254 e. The molecule has 4 rings (SSSR count). The number of rotatable bonds is 10. The summed E-state index contributed by atoms with van der Waals surface area (Å²) in [6.07, 6.45) is 2.75. The molecule has 3 aromatic carbocycles. The Kier molecular flexibility index (Phi) is 8.52. The molecule has 0 fully saturated rings. The number of aryl methyl sites for hydroxylation is 1. The average Bonchev–Trinajstić information content (AvgIpc) is 3.32. The Labute approximate surface area is 225 Å². The molecule has 0 unspecified atom stereocenters. The number of carbonyl (C=O) groups excluding carboxylic acids is 2. The van der Waals surface area contributed by atoms with Gasteiger partial charge in [0.25, 0.3) is 5.91 Å². The molecule has 0 bridgehead atoms. The van der Waals surface area contributed by atoms with Gasteiger partial charge >= 0.3 is 0 Å². The summed E-state index contributed by atoms with van der Waals surface area (Å²) in [7, 11) is 4.02. The number of aromatic nitrogens is 1. The number of aromatic amines is 1. The molecule has 6 heteroatoms. The fourth-order valence-electron chi connectivity index (χ4n) is 4.71. The number of carbonyl (C=O) groups is 2. The van der Waals surface area contributed by atoms with Crippen molar-refractivity contribution in [3.8, 4) is 0 Å². The van der Waals surface area contributed by atoms with E-state index in [2.05, 4.69) is 46.3 Å². The highest BCUT2D eigenvalue weighted by Crippen LogP contribution is 2.20. The van der Waals surface area contributed by atoms with Gasteiger partial charge in [-0.1, -0.05) is 48.5 Å². The number of anilines is 1. The summed E-state index contributed by atoms with van der Waals surface area (Å²) in [5.41, 5.74) is 5.99. The number of para-hydroxylation sites is 1. The van der Waals surface area contributed by atoms with Crippen molar-refractivity contribution in [1.29, 1.82) is 0 Å². The third kappa shape index (κ3) is 6.25. The van der Waals surface area contributed by atoms with Crippen molar-refractivity contribution in [3.63, 3.8) is 0 Å². The predicted octanol–water partition coefficient (Wildman–Crippen LogP) is 5.66. The number of nitrogens with zero attached hydrogens (tertiary/aromatic N) is 3. The van der Waals surface area contributed by atoms with Crippen molar-refractivity contribution in [2.24, 2.45) is 0 Å². The van der Waals surface area contributed by atoms with E-state index >= 15 is 0 Å². The lowest BCUT2D eigenvalue weighted by molar-refractivity contribution is -0.132. The van der Waals surface area contributed by atoms with Gasteiger partial charge in [0.1, 0.15) is 6.54 Å². The third-order valence-corrected chi connectivity index (χ3v) is 7.07. The second-order valence-corrected chi connectivity index (χ2v) is 10.3. The van der Waals surface area contributed by atoms with E-state index in [1.165, 1.54) is 10.9 Å². The quantitative estimate of drug-likeness (QED) is 0.299. The minimum atomic E-state index is -0.113. The molecule has 6 nitrogen and oxygen atoms in total. The molecule has 0 aliphatic carbocycles. The van der Waals surface area contributed by atoms with Gasteiger partial charge in [-0.2, -0.15) is 0 Å². The molecule has 0 aliphatic rings. The van der Waals surface area contributed by atoms with Crippen LogP contribution in [-0.2, 0) is 17.8 Å². The van der Waals surface area contributed by atoms with Crippen LogP contribution in [0.15, 0.2) is 79.0 Å². The Bertz CT molecular complexity index is 1390. The van der Waals surface area contributed by atoms with Gasteiger partial charge in [-0.15, -0.1) is 0 Å². The Balaban J connectivity index is 1.56. The zero-order valence-electron chi connectivity index (χ0n) is 23.1. The molecule has 0 aliphatic heterocycles. The zero-order valence-corrected chi connectivity index (χ0v) is 23.1. The third-order valence-electron chi connectivity index (χ3n) is 7.07. The highest BCUT2D eigenvalue weighted by Gasteiger charge is 2.25. The number of H-pyrrole nitrogens is 1. The fourth-order valence-corrected chi connectivity index (χ4v) is 4.71. The van der Waals surface area contributed by atoms with E-state index in [0.717, 1.165) is 28.8 Å². The number of nitrogens with one attached hydrogen (secondary N) is 1. The Morgan fingerprint density at radius 3 is 2.26 bits per heavy atom. The molecular formula is C32H38N4O2. The average molecular weight is 511 g/mol. The number of hydrogen-bond donors (Lipinski definition) is 1. The molecule has 1 N–H and O–H groups in total. The van der Waals surface area contributed by atoms with Gasteiger partial charge in [0.15, 0.2) is 0 Å². The molecule has 0 atom stereocenters. The number of fused-ring (bicyclic) bond motifs is 1. The molecule has 0 saturated carbocycles. The van der Waals surface area contributed by atoms with E-state index < -0.39 is 0 Å². The number of hydrogen-bond acceptors (Lipinski definition) is 3. The molecule has 4 aromatic rings. The topological polar surface area (TPSA) is 59.7 Å². The van der Waals surface area contributed by atoms with Crippen LogP contribution < -0.4 is 4.90 Å². The molecule has 38 heavy (non-hydrogen) atoms. The molecule has 0 radical (unpaired) electrons. The number of benzene rings is 3. The Morgan fingerprint density at radius 2 is 1.58 bits per heavy atom. The first-order chi connectivity index (χ1) is 18.2. The van der Waals surface area contributed by atoms with Crippen LogP contribution in [0, 0.1) is 6.92 Å². The first kappa shape index (κ1) is 27.0. The van der Waals surface area contributed by atoms with E-state index in [9.17, 15) is 9.59 Å². The normalized spacial score (nSPS) is 11.1. The monoisotopic (exact) mass is 510 g/mol. The second kappa shape index (κ2) is 12.0. The van der Waals surface area contributed by atoms with Gasteiger partial charge in [0.05, 0.1) is 0 Å². The lowest BCUT2D eigenvalue weighted by Crippen LogP contribution is -2.46. The summed E-state index contributed by atoms with van der Waals surface area (Å²) < 4.78 is 0. The van der Waals surface area contributed by atoms with Gasteiger partial charge in [0, 0.05) is 61.6 Å². The van der Waals surface area contributed by atoms with Gasteiger partial charge in [-0.3, -0.25) is 9.59 Å². The predicted molar refractivity (Wildman–Crippen MR) is 156 cm³/mol. The van der Waals surface area contributed by atoms with Gasteiger partial charge in [-0.05, 0) is 68.1 Å². The van der Waals surface area contributed by atoms with Crippen LogP contribution in [0.3, 0.4) is 0 Å². The maximum absolute atomic E-state index is 13.8. The van der Waals surface area contributed by atoms with Crippen LogP contribution >= 0.6 is 0 Å². The minimum absolute atomic E-state index is 0.0362. The molecule has 1 aromatic heterocycles. The summed E-state index contributed by atoms with van der Waals surface area (Å²) in [6.45, 7) is 6.92.